The van der Waals surface area contributed by atoms with Crippen LogP contribution in [0, 0.1) is 44.0 Å². The smallest absolute Gasteiger partial charge is 0.0279 e. The normalized spacial score (nSPS) is 12.9. The van der Waals surface area contributed by atoms with E-state index >= 15 is 0 Å². The highest BCUT2D eigenvalue weighted by molar-refractivity contribution is 5.52. The summed E-state index contributed by atoms with van der Waals surface area (Å²) in [5, 5.41) is 0. The second kappa shape index (κ2) is 7.74. The number of hydrogen-bond acceptors (Lipinski definition) is 0. The molecular formula is C25H21. The summed E-state index contributed by atoms with van der Waals surface area (Å²) in [6.07, 6.45) is 7.40. The Bertz CT molecular complexity index is 959. The molecule has 0 bridgehead atoms. The number of benzene rings is 2. The van der Waals surface area contributed by atoms with E-state index in [1.165, 1.54) is 11.1 Å². The molecule has 0 atom stereocenters. The summed E-state index contributed by atoms with van der Waals surface area (Å²) in [5.41, 5.74) is 7.99. The zero-order chi connectivity index (χ0) is 17.6. The van der Waals surface area contributed by atoms with Crippen molar-refractivity contribution in [2.24, 2.45) is 0 Å². The van der Waals surface area contributed by atoms with Gasteiger partial charge in [0.2, 0.25) is 0 Å². The van der Waals surface area contributed by atoms with Crippen LogP contribution in [0.2, 0.25) is 0 Å². The Morgan fingerprint density at radius 2 is 1.44 bits per heavy atom. The van der Waals surface area contributed by atoms with Crippen molar-refractivity contribution in [1.29, 1.82) is 0 Å². The van der Waals surface area contributed by atoms with E-state index in [1.807, 2.05) is 6.07 Å². The fourth-order valence-electron chi connectivity index (χ4n) is 2.53. The lowest BCUT2D eigenvalue weighted by Gasteiger charge is -2.05. The van der Waals surface area contributed by atoms with Crippen LogP contribution in [0.1, 0.15) is 41.2 Å². The number of rotatable bonds is 0. The van der Waals surface area contributed by atoms with Gasteiger partial charge in [-0.2, -0.15) is 0 Å². The van der Waals surface area contributed by atoms with Gasteiger partial charge in [0, 0.05) is 28.7 Å². The summed E-state index contributed by atoms with van der Waals surface area (Å²) in [7, 11) is 0. The van der Waals surface area contributed by atoms with Gasteiger partial charge in [-0.05, 0) is 63.1 Å². The van der Waals surface area contributed by atoms with Crippen LogP contribution in [0.25, 0.3) is 0 Å². The van der Waals surface area contributed by atoms with E-state index in [2.05, 4.69) is 99.4 Å². The molecule has 0 amide bonds. The second-order valence-corrected chi connectivity index (χ2v) is 6.44. The summed E-state index contributed by atoms with van der Waals surface area (Å²) in [5.74, 6) is 13.0. The van der Waals surface area contributed by atoms with Crippen molar-refractivity contribution in [3.05, 3.63) is 100 Å². The highest BCUT2D eigenvalue weighted by Gasteiger charge is 2.01. The van der Waals surface area contributed by atoms with E-state index in [0.717, 1.165) is 34.2 Å². The molecule has 121 valence electrons. The summed E-state index contributed by atoms with van der Waals surface area (Å²) in [4.78, 5) is 0. The lowest BCUT2D eigenvalue weighted by Crippen LogP contribution is -1.90. The van der Waals surface area contributed by atoms with E-state index in [4.69, 9.17) is 0 Å². The Balaban J connectivity index is 1.77. The molecule has 0 fully saturated rings. The first-order valence-electron chi connectivity index (χ1n) is 8.52. The van der Waals surface area contributed by atoms with Gasteiger partial charge in [0.1, 0.15) is 0 Å². The van der Waals surface area contributed by atoms with Crippen LogP contribution >= 0.6 is 0 Å². The molecule has 25 heavy (non-hydrogen) atoms. The summed E-state index contributed by atoms with van der Waals surface area (Å²) in [6.45, 7) is 6.31. The van der Waals surface area contributed by atoms with Gasteiger partial charge >= 0.3 is 0 Å². The van der Waals surface area contributed by atoms with Crippen LogP contribution < -0.4 is 0 Å². The highest BCUT2D eigenvalue weighted by atomic mass is 14.0. The molecule has 0 saturated heterocycles. The summed E-state index contributed by atoms with van der Waals surface area (Å²) >= 11 is 0. The van der Waals surface area contributed by atoms with Crippen molar-refractivity contribution < 1.29 is 0 Å². The maximum atomic E-state index is 3.28. The molecule has 0 heteroatoms. The van der Waals surface area contributed by atoms with Crippen LogP contribution in [0.15, 0.2) is 65.8 Å². The molecule has 0 nitrogen and oxygen atoms in total. The van der Waals surface area contributed by atoms with Crippen LogP contribution in [-0.4, -0.2) is 0 Å². The molecule has 2 aromatic carbocycles. The predicted octanol–water partition coefficient (Wildman–Crippen LogP) is 5.54. The summed E-state index contributed by atoms with van der Waals surface area (Å²) in [6, 6.07) is 14.5. The van der Waals surface area contributed by atoms with E-state index in [-0.39, 0.29) is 0 Å². The van der Waals surface area contributed by atoms with Gasteiger partial charge in [0.15, 0.2) is 0 Å². The third kappa shape index (κ3) is 4.76. The predicted molar refractivity (Wildman–Crippen MR) is 106 cm³/mol. The molecule has 1 aliphatic rings. The second-order valence-electron chi connectivity index (χ2n) is 6.44. The molecule has 0 spiro atoms. The number of allylic oxidation sites excluding steroid dienone is 4. The maximum Gasteiger partial charge on any atom is 0.0279 e. The highest BCUT2D eigenvalue weighted by Crippen LogP contribution is 2.16. The fourth-order valence-corrected chi connectivity index (χ4v) is 2.53. The van der Waals surface area contributed by atoms with Gasteiger partial charge in [0.05, 0.1) is 0 Å². The minimum absolute atomic E-state index is 0.993. The third-order valence-electron chi connectivity index (χ3n) is 4.16. The standard InChI is InChI=1S/C25H21/c1-19-4-8-22(9-5-19)12-13-24-15-17-25(21(3)18-24)16-14-23-10-6-20(2)7-11-23/h4-6,8-11,15,17-18H,7H2,1-3H3. The number of aryl methyl sites for hydroxylation is 2. The Hall–Kier alpha value is -2.96. The molecular weight excluding hydrogens is 300 g/mol. The maximum absolute atomic E-state index is 3.28. The average molecular weight is 321 g/mol. The lowest BCUT2D eigenvalue weighted by atomic mass is 9.99. The van der Waals surface area contributed by atoms with Crippen LogP contribution in [0.3, 0.4) is 0 Å². The van der Waals surface area contributed by atoms with Gasteiger partial charge in [-0.15, -0.1) is 0 Å². The fraction of sp³-hybridized carbons (Fsp3) is 0.160. The minimum Gasteiger partial charge on any atom is -0.0726 e. The van der Waals surface area contributed by atoms with Crippen molar-refractivity contribution in [2.75, 3.05) is 0 Å². The van der Waals surface area contributed by atoms with E-state index in [9.17, 15) is 0 Å². The van der Waals surface area contributed by atoms with E-state index in [0.29, 0.717) is 0 Å². The van der Waals surface area contributed by atoms with Crippen molar-refractivity contribution in [2.45, 2.75) is 27.2 Å². The monoisotopic (exact) mass is 321 g/mol. The molecule has 0 saturated carbocycles. The first-order valence-corrected chi connectivity index (χ1v) is 8.52. The molecule has 1 aliphatic carbocycles. The van der Waals surface area contributed by atoms with Gasteiger partial charge in [-0.3, -0.25) is 0 Å². The van der Waals surface area contributed by atoms with Gasteiger partial charge < -0.3 is 0 Å². The van der Waals surface area contributed by atoms with Gasteiger partial charge in [0.25, 0.3) is 0 Å². The zero-order valence-electron chi connectivity index (χ0n) is 15.0. The van der Waals surface area contributed by atoms with Gasteiger partial charge in [-0.1, -0.05) is 59.1 Å². The first kappa shape index (κ1) is 16.9. The minimum atomic E-state index is 0.993. The number of hydrogen-bond donors (Lipinski definition) is 0. The molecule has 0 aliphatic heterocycles. The van der Waals surface area contributed by atoms with E-state index < -0.39 is 0 Å². The Morgan fingerprint density at radius 1 is 0.720 bits per heavy atom. The SMILES string of the molecule is CC1=CC=C(C#Cc2ccc(C#Cc3ccc(C)cc3)cc2C)[CH]C1. The topological polar surface area (TPSA) is 0 Å². The van der Waals surface area contributed by atoms with Gasteiger partial charge in [-0.25, -0.2) is 0 Å². The van der Waals surface area contributed by atoms with Crippen LogP contribution in [0.5, 0.6) is 0 Å². The zero-order valence-corrected chi connectivity index (χ0v) is 15.0. The van der Waals surface area contributed by atoms with Crippen molar-refractivity contribution in [1.82, 2.24) is 0 Å². The van der Waals surface area contributed by atoms with Crippen molar-refractivity contribution >= 4 is 0 Å². The quantitative estimate of drug-likeness (QED) is 0.559. The van der Waals surface area contributed by atoms with Crippen molar-refractivity contribution in [3.8, 4) is 23.7 Å². The van der Waals surface area contributed by atoms with E-state index in [1.54, 1.807) is 0 Å². The summed E-state index contributed by atoms with van der Waals surface area (Å²) < 4.78 is 0. The average Bonchev–Trinajstić information content (AvgIpc) is 2.62. The molecule has 0 N–H and O–H groups in total. The molecule has 1 radical (unpaired) electrons. The van der Waals surface area contributed by atoms with Crippen molar-refractivity contribution in [3.63, 3.8) is 0 Å². The Morgan fingerprint density at radius 3 is 2.12 bits per heavy atom. The molecule has 3 rings (SSSR count). The first-order chi connectivity index (χ1) is 12.1. The molecule has 0 aromatic heterocycles. The van der Waals surface area contributed by atoms with Crippen LogP contribution in [0.4, 0.5) is 0 Å². The molecule has 0 heterocycles. The Kier molecular flexibility index (Phi) is 5.23. The van der Waals surface area contributed by atoms with Crippen LogP contribution in [-0.2, 0) is 0 Å². The lowest BCUT2D eigenvalue weighted by molar-refractivity contribution is 1.11. The Labute approximate surface area is 151 Å². The largest absolute Gasteiger partial charge is 0.0726 e. The molecule has 0 unspecified atom stereocenters. The molecule has 2 aromatic rings. The third-order valence-corrected chi connectivity index (χ3v) is 4.16.